The number of pyridine rings is 1. The third-order valence-corrected chi connectivity index (χ3v) is 4.86. The van der Waals surface area contributed by atoms with Crippen LogP contribution in [0.15, 0.2) is 48.7 Å². The predicted octanol–water partition coefficient (Wildman–Crippen LogP) is 3.28. The van der Waals surface area contributed by atoms with E-state index in [4.69, 9.17) is 14.2 Å². The molecular formula is C22H22N2O4. The Bertz CT molecular complexity index is 1020. The third-order valence-electron chi connectivity index (χ3n) is 4.86. The summed E-state index contributed by atoms with van der Waals surface area (Å²) in [6, 6.07) is 14.1. The summed E-state index contributed by atoms with van der Waals surface area (Å²) in [5.41, 5.74) is 3.81. The summed E-state index contributed by atoms with van der Waals surface area (Å²) >= 11 is 0. The van der Waals surface area contributed by atoms with E-state index >= 15 is 0 Å². The molecule has 0 fully saturated rings. The number of methoxy groups -OCH3 is 2. The van der Waals surface area contributed by atoms with Gasteiger partial charge in [-0.15, -0.1) is 0 Å². The van der Waals surface area contributed by atoms with Crippen molar-refractivity contribution in [1.82, 2.24) is 9.88 Å². The fourth-order valence-corrected chi connectivity index (χ4v) is 3.46. The van der Waals surface area contributed by atoms with E-state index in [1.54, 1.807) is 12.0 Å². The number of aromatic nitrogens is 1. The Labute approximate surface area is 163 Å². The van der Waals surface area contributed by atoms with Gasteiger partial charge in [0.15, 0.2) is 11.5 Å². The van der Waals surface area contributed by atoms with Crippen molar-refractivity contribution in [1.29, 1.82) is 0 Å². The first-order valence-electron chi connectivity index (χ1n) is 9.15. The average molecular weight is 378 g/mol. The van der Waals surface area contributed by atoms with Crippen molar-refractivity contribution in [2.45, 2.75) is 6.54 Å². The normalized spacial score (nSPS) is 13.6. The van der Waals surface area contributed by atoms with Gasteiger partial charge in [0.2, 0.25) is 5.91 Å². The number of para-hydroxylation sites is 1. The molecule has 4 rings (SSSR count). The monoisotopic (exact) mass is 378 g/mol. The van der Waals surface area contributed by atoms with Gasteiger partial charge in [-0.1, -0.05) is 18.2 Å². The molecule has 2 heterocycles. The SMILES string of the molecule is COCC(=O)N1CCOc2c(cc(-c3cnc4ccccc4c3)cc2OC)C1. The van der Waals surface area contributed by atoms with Gasteiger partial charge in [-0.3, -0.25) is 9.78 Å². The lowest BCUT2D eigenvalue weighted by Gasteiger charge is -2.19. The summed E-state index contributed by atoms with van der Waals surface area (Å²) in [7, 11) is 3.15. The molecule has 6 nitrogen and oxygen atoms in total. The first-order chi connectivity index (χ1) is 13.7. The smallest absolute Gasteiger partial charge is 0.248 e. The summed E-state index contributed by atoms with van der Waals surface area (Å²) in [6.07, 6.45) is 1.86. The lowest BCUT2D eigenvalue weighted by molar-refractivity contribution is -0.135. The molecule has 0 N–H and O–H groups in total. The van der Waals surface area contributed by atoms with E-state index in [1.807, 2.05) is 42.6 Å². The van der Waals surface area contributed by atoms with E-state index in [9.17, 15) is 4.79 Å². The van der Waals surface area contributed by atoms with Crippen molar-refractivity contribution in [2.24, 2.45) is 0 Å². The van der Waals surface area contributed by atoms with Crippen LogP contribution < -0.4 is 9.47 Å². The van der Waals surface area contributed by atoms with Crippen LogP contribution in [0.4, 0.5) is 0 Å². The number of hydrogen-bond acceptors (Lipinski definition) is 5. The van der Waals surface area contributed by atoms with E-state index in [1.165, 1.54) is 7.11 Å². The molecule has 1 aliphatic rings. The highest BCUT2D eigenvalue weighted by Crippen LogP contribution is 2.38. The minimum atomic E-state index is -0.0595. The van der Waals surface area contributed by atoms with Crippen LogP contribution in [0.5, 0.6) is 11.5 Å². The van der Waals surface area contributed by atoms with E-state index in [-0.39, 0.29) is 12.5 Å². The maximum Gasteiger partial charge on any atom is 0.248 e. The second-order valence-corrected chi connectivity index (χ2v) is 6.68. The Morgan fingerprint density at radius 1 is 1.18 bits per heavy atom. The molecular weight excluding hydrogens is 356 g/mol. The Balaban J connectivity index is 1.76. The number of nitrogens with zero attached hydrogens (tertiary/aromatic N) is 2. The maximum atomic E-state index is 12.3. The molecule has 0 unspecified atom stereocenters. The van der Waals surface area contributed by atoms with Gasteiger partial charge >= 0.3 is 0 Å². The standard InChI is InChI=1S/C22H22N2O4/c1-26-14-21(25)24-7-8-28-22-18(13-24)10-16(11-20(22)27-2)17-9-15-5-3-4-6-19(15)23-12-17/h3-6,9-12H,7-8,13-14H2,1-2H3. The largest absolute Gasteiger partial charge is 0.493 e. The fraction of sp³-hybridized carbons (Fsp3) is 0.273. The minimum absolute atomic E-state index is 0.0563. The number of benzene rings is 2. The van der Waals surface area contributed by atoms with Gasteiger partial charge in [0.05, 0.1) is 19.2 Å². The summed E-state index contributed by atoms with van der Waals surface area (Å²) in [5.74, 6) is 1.28. The van der Waals surface area contributed by atoms with Crippen LogP contribution in [-0.4, -0.2) is 49.8 Å². The van der Waals surface area contributed by atoms with Gasteiger partial charge in [0.25, 0.3) is 0 Å². The molecule has 1 amide bonds. The molecule has 1 aromatic heterocycles. The summed E-state index contributed by atoms with van der Waals surface area (Å²) in [6.45, 7) is 1.42. The number of ether oxygens (including phenoxy) is 3. The number of hydrogen-bond donors (Lipinski definition) is 0. The number of amides is 1. The highest BCUT2D eigenvalue weighted by Gasteiger charge is 2.23. The van der Waals surface area contributed by atoms with Crippen LogP contribution in [0.1, 0.15) is 5.56 Å². The molecule has 6 heteroatoms. The van der Waals surface area contributed by atoms with Crippen LogP contribution in [0, 0.1) is 0 Å². The van der Waals surface area contributed by atoms with Gasteiger partial charge in [0, 0.05) is 36.4 Å². The molecule has 0 atom stereocenters. The van der Waals surface area contributed by atoms with Crippen molar-refractivity contribution < 1.29 is 19.0 Å². The van der Waals surface area contributed by atoms with Crippen LogP contribution in [-0.2, 0) is 16.1 Å². The highest BCUT2D eigenvalue weighted by molar-refractivity contribution is 5.84. The van der Waals surface area contributed by atoms with Crippen molar-refractivity contribution in [3.05, 3.63) is 54.2 Å². The van der Waals surface area contributed by atoms with Gasteiger partial charge in [0.1, 0.15) is 13.2 Å². The first kappa shape index (κ1) is 18.3. The maximum absolute atomic E-state index is 12.3. The molecule has 0 saturated heterocycles. The van der Waals surface area contributed by atoms with Crippen molar-refractivity contribution >= 4 is 16.8 Å². The molecule has 144 valence electrons. The lowest BCUT2D eigenvalue weighted by atomic mass is 10.0. The topological polar surface area (TPSA) is 60.9 Å². The van der Waals surface area contributed by atoms with Crippen LogP contribution in [0.3, 0.4) is 0 Å². The second kappa shape index (κ2) is 7.86. The van der Waals surface area contributed by atoms with Gasteiger partial charge in [-0.2, -0.15) is 0 Å². The molecule has 0 spiro atoms. The summed E-state index contributed by atoms with van der Waals surface area (Å²) in [5, 5.41) is 1.07. The molecule has 3 aromatic rings. The van der Waals surface area contributed by atoms with Gasteiger partial charge < -0.3 is 19.1 Å². The number of carbonyl (C=O) groups excluding carboxylic acids is 1. The number of rotatable bonds is 4. The molecule has 28 heavy (non-hydrogen) atoms. The molecule has 0 bridgehead atoms. The number of carbonyl (C=O) groups is 1. The summed E-state index contributed by atoms with van der Waals surface area (Å²) < 4.78 is 16.5. The van der Waals surface area contributed by atoms with E-state index < -0.39 is 0 Å². The average Bonchev–Trinajstić information content (AvgIpc) is 2.95. The van der Waals surface area contributed by atoms with Crippen molar-refractivity contribution in [2.75, 3.05) is 34.0 Å². The molecule has 1 aliphatic heterocycles. The van der Waals surface area contributed by atoms with Gasteiger partial charge in [-0.05, 0) is 29.8 Å². The Morgan fingerprint density at radius 3 is 2.86 bits per heavy atom. The Kier molecular flexibility index (Phi) is 5.12. The third kappa shape index (κ3) is 3.51. The van der Waals surface area contributed by atoms with Crippen LogP contribution >= 0.6 is 0 Å². The van der Waals surface area contributed by atoms with Crippen LogP contribution in [0.25, 0.3) is 22.0 Å². The predicted molar refractivity (Wildman–Crippen MR) is 107 cm³/mol. The van der Waals surface area contributed by atoms with E-state index in [0.717, 1.165) is 27.6 Å². The Morgan fingerprint density at radius 2 is 2.04 bits per heavy atom. The molecule has 0 saturated carbocycles. The zero-order chi connectivity index (χ0) is 19.5. The van der Waals surface area contributed by atoms with E-state index in [2.05, 4.69) is 11.1 Å². The molecule has 0 aliphatic carbocycles. The molecule has 2 aromatic carbocycles. The highest BCUT2D eigenvalue weighted by atomic mass is 16.5. The van der Waals surface area contributed by atoms with E-state index in [0.29, 0.717) is 31.2 Å². The quantitative estimate of drug-likeness (QED) is 0.697. The fourth-order valence-electron chi connectivity index (χ4n) is 3.46. The first-order valence-corrected chi connectivity index (χ1v) is 9.15. The second-order valence-electron chi connectivity index (χ2n) is 6.68. The summed E-state index contributed by atoms with van der Waals surface area (Å²) in [4.78, 5) is 18.6. The zero-order valence-corrected chi connectivity index (χ0v) is 16.0. The Hall–Kier alpha value is -3.12. The number of fused-ring (bicyclic) bond motifs is 2. The van der Waals surface area contributed by atoms with Crippen molar-refractivity contribution in [3.63, 3.8) is 0 Å². The minimum Gasteiger partial charge on any atom is -0.493 e. The lowest BCUT2D eigenvalue weighted by Crippen LogP contribution is -2.34. The van der Waals surface area contributed by atoms with Crippen LogP contribution in [0.2, 0.25) is 0 Å². The molecule has 0 radical (unpaired) electrons. The van der Waals surface area contributed by atoms with Gasteiger partial charge in [-0.25, -0.2) is 0 Å². The zero-order valence-electron chi connectivity index (χ0n) is 16.0. The van der Waals surface area contributed by atoms with Crippen molar-refractivity contribution in [3.8, 4) is 22.6 Å².